The molecule has 0 atom stereocenters. The van der Waals surface area contributed by atoms with E-state index in [0.29, 0.717) is 6.54 Å². The Morgan fingerprint density at radius 3 is 2.73 bits per heavy atom. The van der Waals surface area contributed by atoms with E-state index in [1.165, 1.54) is 17.8 Å². The molecule has 0 aliphatic carbocycles. The van der Waals surface area contributed by atoms with E-state index in [1.807, 2.05) is 6.92 Å². The van der Waals surface area contributed by atoms with Crippen LogP contribution in [-0.4, -0.2) is 20.7 Å². The molecule has 60 valence electrons. The summed E-state index contributed by atoms with van der Waals surface area (Å²) in [5.41, 5.74) is 0.145. The molecule has 0 aromatic carbocycles. The maximum Gasteiger partial charge on any atom is 0.183 e. The topological polar surface area (TPSA) is 55.1 Å². The molecule has 1 rings (SSSR count). The Hall–Kier alpha value is -1.32. The van der Waals surface area contributed by atoms with E-state index < -0.39 is 0 Å². The molecule has 0 bridgehead atoms. The molecule has 0 radical (unpaired) electrons. The lowest BCUT2D eigenvalue weighted by Gasteiger charge is -1.89. The lowest BCUT2D eigenvalue weighted by atomic mass is 10.3. The minimum atomic E-state index is -0.213. The molecule has 0 spiro atoms. The fraction of sp³-hybridized carbons (Fsp3) is 0.429. The molecule has 1 aromatic rings. The molecule has 1 aromatic heterocycles. The summed E-state index contributed by atoms with van der Waals surface area (Å²) in [6.07, 6.45) is 1.44. The maximum atomic E-state index is 10.8. The van der Waals surface area contributed by atoms with Gasteiger partial charge in [-0.25, -0.2) is 0 Å². The second kappa shape index (κ2) is 2.74. The zero-order chi connectivity index (χ0) is 8.43. The van der Waals surface area contributed by atoms with Gasteiger partial charge in [0.1, 0.15) is 0 Å². The van der Waals surface area contributed by atoms with E-state index in [2.05, 4.69) is 5.10 Å². The van der Waals surface area contributed by atoms with Crippen LogP contribution in [0.3, 0.4) is 0 Å². The highest BCUT2D eigenvalue weighted by atomic mass is 16.3. The third-order valence-corrected chi connectivity index (χ3v) is 1.40. The number of ketones is 1. The number of aryl methyl sites for hydroxylation is 1. The van der Waals surface area contributed by atoms with Crippen molar-refractivity contribution in [1.82, 2.24) is 9.78 Å². The fourth-order valence-electron chi connectivity index (χ4n) is 0.824. The van der Waals surface area contributed by atoms with Crippen LogP contribution in [0.25, 0.3) is 0 Å². The SMILES string of the molecule is CCn1cc(O)c(C(C)=O)n1. The normalized spacial score (nSPS) is 10.0. The molecular formula is C7H10N2O2. The van der Waals surface area contributed by atoms with Gasteiger partial charge in [0, 0.05) is 13.5 Å². The summed E-state index contributed by atoms with van der Waals surface area (Å²) < 4.78 is 1.52. The monoisotopic (exact) mass is 154 g/mol. The molecule has 11 heavy (non-hydrogen) atoms. The van der Waals surface area contributed by atoms with Gasteiger partial charge in [-0.2, -0.15) is 5.10 Å². The van der Waals surface area contributed by atoms with Crippen LogP contribution in [0.15, 0.2) is 6.20 Å². The van der Waals surface area contributed by atoms with E-state index in [1.54, 1.807) is 0 Å². The number of nitrogens with zero attached hydrogens (tertiary/aromatic N) is 2. The van der Waals surface area contributed by atoms with Gasteiger partial charge in [-0.05, 0) is 6.92 Å². The van der Waals surface area contributed by atoms with Crippen LogP contribution < -0.4 is 0 Å². The number of aromatic nitrogens is 2. The average Bonchev–Trinajstić information content (AvgIpc) is 2.30. The first-order valence-corrected chi connectivity index (χ1v) is 3.42. The molecule has 1 N–H and O–H groups in total. The van der Waals surface area contributed by atoms with Crippen LogP contribution in [-0.2, 0) is 6.54 Å². The standard InChI is InChI=1S/C7H10N2O2/c1-3-9-4-6(11)7(8-9)5(2)10/h4,11H,3H2,1-2H3. The van der Waals surface area contributed by atoms with Crippen LogP contribution in [0.1, 0.15) is 24.3 Å². The number of hydrogen-bond acceptors (Lipinski definition) is 3. The molecule has 0 fully saturated rings. The van der Waals surface area contributed by atoms with Crippen molar-refractivity contribution in [3.63, 3.8) is 0 Å². The summed E-state index contributed by atoms with van der Waals surface area (Å²) >= 11 is 0. The van der Waals surface area contributed by atoms with Crippen molar-refractivity contribution in [2.24, 2.45) is 0 Å². The summed E-state index contributed by atoms with van der Waals surface area (Å²) in [6, 6.07) is 0. The third kappa shape index (κ3) is 1.39. The van der Waals surface area contributed by atoms with Crippen molar-refractivity contribution < 1.29 is 9.90 Å². The Kier molecular flexibility index (Phi) is 1.94. The zero-order valence-corrected chi connectivity index (χ0v) is 6.53. The molecule has 0 saturated carbocycles. The van der Waals surface area contributed by atoms with E-state index in [9.17, 15) is 4.79 Å². The molecule has 4 nitrogen and oxygen atoms in total. The molecule has 0 saturated heterocycles. The quantitative estimate of drug-likeness (QED) is 0.641. The number of carbonyl (C=O) groups is 1. The van der Waals surface area contributed by atoms with Gasteiger partial charge < -0.3 is 5.11 Å². The van der Waals surface area contributed by atoms with E-state index in [-0.39, 0.29) is 17.2 Å². The Bertz CT molecular complexity index is 278. The van der Waals surface area contributed by atoms with Crippen molar-refractivity contribution in [3.8, 4) is 5.75 Å². The lowest BCUT2D eigenvalue weighted by Crippen LogP contribution is -1.98. The molecule has 0 amide bonds. The van der Waals surface area contributed by atoms with Crippen LogP contribution in [0, 0.1) is 0 Å². The smallest absolute Gasteiger partial charge is 0.183 e. The lowest BCUT2D eigenvalue weighted by molar-refractivity contribution is 0.101. The van der Waals surface area contributed by atoms with E-state index >= 15 is 0 Å². The van der Waals surface area contributed by atoms with Crippen LogP contribution in [0.4, 0.5) is 0 Å². The number of aromatic hydroxyl groups is 1. The van der Waals surface area contributed by atoms with Crippen LogP contribution in [0.2, 0.25) is 0 Å². The van der Waals surface area contributed by atoms with Crippen molar-refractivity contribution in [2.75, 3.05) is 0 Å². The first kappa shape index (κ1) is 7.78. The first-order chi connectivity index (χ1) is 5.15. The van der Waals surface area contributed by atoms with Gasteiger partial charge in [0.05, 0.1) is 6.20 Å². The Morgan fingerprint density at radius 1 is 1.82 bits per heavy atom. The van der Waals surface area contributed by atoms with Crippen molar-refractivity contribution in [3.05, 3.63) is 11.9 Å². The van der Waals surface area contributed by atoms with Crippen molar-refractivity contribution >= 4 is 5.78 Å². The Morgan fingerprint density at radius 2 is 2.45 bits per heavy atom. The van der Waals surface area contributed by atoms with Gasteiger partial charge in [-0.15, -0.1) is 0 Å². The highest BCUT2D eigenvalue weighted by Gasteiger charge is 2.10. The Labute approximate surface area is 64.5 Å². The Balaban J connectivity index is 3.07. The molecule has 1 heterocycles. The molecule has 0 aliphatic rings. The number of carbonyl (C=O) groups excluding carboxylic acids is 1. The highest BCUT2D eigenvalue weighted by molar-refractivity contribution is 5.94. The largest absolute Gasteiger partial charge is 0.504 e. The zero-order valence-electron chi connectivity index (χ0n) is 6.53. The summed E-state index contributed by atoms with van der Waals surface area (Å²) in [4.78, 5) is 10.8. The summed E-state index contributed by atoms with van der Waals surface area (Å²) in [5.74, 6) is -0.256. The van der Waals surface area contributed by atoms with Crippen LogP contribution >= 0.6 is 0 Å². The van der Waals surface area contributed by atoms with Crippen LogP contribution in [0.5, 0.6) is 5.75 Å². The minimum Gasteiger partial charge on any atom is -0.504 e. The second-order valence-electron chi connectivity index (χ2n) is 2.27. The van der Waals surface area contributed by atoms with Gasteiger partial charge in [0.2, 0.25) is 0 Å². The molecule has 4 heteroatoms. The molecule has 0 aliphatic heterocycles. The van der Waals surface area contributed by atoms with E-state index in [0.717, 1.165) is 0 Å². The second-order valence-corrected chi connectivity index (χ2v) is 2.27. The van der Waals surface area contributed by atoms with Crippen molar-refractivity contribution in [2.45, 2.75) is 20.4 Å². The van der Waals surface area contributed by atoms with Crippen molar-refractivity contribution in [1.29, 1.82) is 0 Å². The highest BCUT2D eigenvalue weighted by Crippen LogP contribution is 2.14. The first-order valence-electron chi connectivity index (χ1n) is 3.42. The van der Waals surface area contributed by atoms with Gasteiger partial charge in [0.15, 0.2) is 17.2 Å². The maximum absolute atomic E-state index is 10.8. The van der Waals surface area contributed by atoms with E-state index in [4.69, 9.17) is 5.11 Å². The van der Waals surface area contributed by atoms with Gasteiger partial charge in [0.25, 0.3) is 0 Å². The summed E-state index contributed by atoms with van der Waals surface area (Å²) in [7, 11) is 0. The minimum absolute atomic E-state index is 0.0423. The predicted molar refractivity (Wildman–Crippen MR) is 39.6 cm³/mol. The predicted octanol–water partition coefficient (Wildman–Crippen LogP) is 0.811. The molecule has 0 unspecified atom stereocenters. The number of rotatable bonds is 2. The summed E-state index contributed by atoms with van der Waals surface area (Å²) in [6.45, 7) is 3.92. The average molecular weight is 154 g/mol. The fourth-order valence-corrected chi connectivity index (χ4v) is 0.824. The summed E-state index contributed by atoms with van der Waals surface area (Å²) in [5, 5.41) is 13.0. The van der Waals surface area contributed by atoms with Gasteiger partial charge >= 0.3 is 0 Å². The van der Waals surface area contributed by atoms with Gasteiger partial charge in [-0.3, -0.25) is 9.48 Å². The molecular weight excluding hydrogens is 144 g/mol. The third-order valence-electron chi connectivity index (χ3n) is 1.40. The van der Waals surface area contributed by atoms with Gasteiger partial charge in [-0.1, -0.05) is 0 Å². The number of Topliss-reactive ketones (excluding diaryl/α,β-unsaturated/α-hetero) is 1. The number of hydrogen-bond donors (Lipinski definition) is 1.